The number of hydrogen-bond donors (Lipinski definition) is 2. The number of nitro groups is 1. The standard InChI is InChI=1S/C15H12ClF3N4O4/c16-12-13(7-1-2-7)22(21-14(12)15(17,18)19)6-11(25)20-9-5-8(23(26)27)3-4-10(9)24/h3-5,7,24H,1-2,6H2,(H,20,25). The van der Waals surface area contributed by atoms with Crippen molar-refractivity contribution in [2.75, 3.05) is 5.32 Å². The Bertz CT molecular complexity index is 925. The molecule has 1 aromatic heterocycles. The van der Waals surface area contributed by atoms with Gasteiger partial charge in [0.25, 0.3) is 5.69 Å². The summed E-state index contributed by atoms with van der Waals surface area (Å²) in [6.45, 7) is -0.593. The van der Waals surface area contributed by atoms with Crippen molar-refractivity contribution < 1.29 is 28.0 Å². The molecule has 1 aliphatic carbocycles. The van der Waals surface area contributed by atoms with Crippen LogP contribution in [-0.4, -0.2) is 25.7 Å². The van der Waals surface area contributed by atoms with E-state index in [1.165, 1.54) is 0 Å². The number of alkyl halides is 3. The van der Waals surface area contributed by atoms with Crippen LogP contribution in [0.3, 0.4) is 0 Å². The minimum Gasteiger partial charge on any atom is -0.506 e. The number of hydrogen-bond acceptors (Lipinski definition) is 5. The molecule has 3 rings (SSSR count). The van der Waals surface area contributed by atoms with Gasteiger partial charge < -0.3 is 10.4 Å². The number of rotatable bonds is 5. The number of phenolic OH excluding ortho intramolecular Hbond substituents is 1. The summed E-state index contributed by atoms with van der Waals surface area (Å²) in [4.78, 5) is 22.3. The van der Waals surface area contributed by atoms with E-state index in [-0.39, 0.29) is 23.0 Å². The van der Waals surface area contributed by atoms with E-state index in [2.05, 4.69) is 10.4 Å². The first-order chi connectivity index (χ1) is 12.6. The highest BCUT2D eigenvalue weighted by atomic mass is 35.5. The van der Waals surface area contributed by atoms with Gasteiger partial charge in [-0.3, -0.25) is 19.6 Å². The molecule has 1 aromatic carbocycles. The summed E-state index contributed by atoms with van der Waals surface area (Å²) in [7, 11) is 0. The number of halogens is 4. The Morgan fingerprint density at radius 1 is 1.44 bits per heavy atom. The fourth-order valence-electron chi connectivity index (χ4n) is 2.56. The van der Waals surface area contributed by atoms with Crippen LogP contribution < -0.4 is 5.32 Å². The van der Waals surface area contributed by atoms with Crippen LogP contribution in [0, 0.1) is 10.1 Å². The zero-order chi connectivity index (χ0) is 19.9. The molecule has 1 aliphatic rings. The first-order valence-corrected chi connectivity index (χ1v) is 8.06. The molecule has 144 valence electrons. The Labute approximate surface area is 154 Å². The van der Waals surface area contributed by atoms with Crippen molar-refractivity contribution in [2.45, 2.75) is 31.5 Å². The second-order valence-electron chi connectivity index (χ2n) is 5.98. The number of anilines is 1. The van der Waals surface area contributed by atoms with Crippen molar-refractivity contribution in [3.8, 4) is 5.75 Å². The molecule has 0 saturated heterocycles. The number of nitro benzene ring substituents is 1. The maximum absolute atomic E-state index is 13.0. The maximum Gasteiger partial charge on any atom is 0.436 e. The quantitative estimate of drug-likeness (QED) is 0.448. The van der Waals surface area contributed by atoms with E-state index in [0.29, 0.717) is 12.8 Å². The second-order valence-corrected chi connectivity index (χ2v) is 6.36. The van der Waals surface area contributed by atoms with Gasteiger partial charge >= 0.3 is 6.18 Å². The molecule has 2 aromatic rings. The van der Waals surface area contributed by atoms with E-state index >= 15 is 0 Å². The topological polar surface area (TPSA) is 110 Å². The number of phenols is 1. The lowest BCUT2D eigenvalue weighted by atomic mass is 10.2. The highest BCUT2D eigenvalue weighted by Crippen LogP contribution is 2.46. The molecule has 12 heteroatoms. The molecule has 27 heavy (non-hydrogen) atoms. The van der Waals surface area contributed by atoms with Crippen molar-refractivity contribution in [3.05, 3.63) is 44.7 Å². The van der Waals surface area contributed by atoms with Crippen molar-refractivity contribution in [3.63, 3.8) is 0 Å². The third kappa shape index (κ3) is 3.97. The molecule has 1 fully saturated rings. The monoisotopic (exact) mass is 404 g/mol. The average Bonchev–Trinajstić information content (AvgIpc) is 3.32. The lowest BCUT2D eigenvalue weighted by Crippen LogP contribution is -2.21. The summed E-state index contributed by atoms with van der Waals surface area (Å²) in [5, 5.41) is 25.6. The van der Waals surface area contributed by atoms with Gasteiger partial charge in [-0.15, -0.1) is 0 Å². The van der Waals surface area contributed by atoms with Crippen molar-refractivity contribution in [1.29, 1.82) is 0 Å². The lowest BCUT2D eigenvalue weighted by Gasteiger charge is -2.09. The van der Waals surface area contributed by atoms with Gasteiger partial charge in [-0.1, -0.05) is 11.6 Å². The fraction of sp³-hybridized carbons (Fsp3) is 0.333. The normalized spacial score (nSPS) is 14.2. The van der Waals surface area contributed by atoms with Crippen LogP contribution in [0.5, 0.6) is 5.75 Å². The van der Waals surface area contributed by atoms with Gasteiger partial charge in [-0.25, -0.2) is 0 Å². The smallest absolute Gasteiger partial charge is 0.436 e. The van der Waals surface area contributed by atoms with E-state index < -0.39 is 40.0 Å². The molecular weight excluding hydrogens is 393 g/mol. The van der Waals surface area contributed by atoms with Crippen LogP contribution in [-0.2, 0) is 17.5 Å². The third-order valence-corrected chi connectivity index (χ3v) is 4.30. The Hall–Kier alpha value is -2.82. The molecule has 1 saturated carbocycles. The number of carbonyl (C=O) groups is 1. The predicted molar refractivity (Wildman–Crippen MR) is 87.6 cm³/mol. The van der Waals surface area contributed by atoms with Crippen LogP contribution >= 0.6 is 11.6 Å². The molecule has 0 unspecified atom stereocenters. The van der Waals surface area contributed by atoms with Crippen LogP contribution in [0.2, 0.25) is 5.02 Å². The average molecular weight is 405 g/mol. The molecule has 1 amide bonds. The predicted octanol–water partition coefficient (Wildman–Crippen LogP) is 3.69. The molecule has 0 aliphatic heterocycles. The van der Waals surface area contributed by atoms with Gasteiger partial charge in [0.15, 0.2) is 5.69 Å². The van der Waals surface area contributed by atoms with E-state index in [9.17, 15) is 33.2 Å². The number of aromatic nitrogens is 2. The van der Waals surface area contributed by atoms with E-state index in [0.717, 1.165) is 22.9 Å². The summed E-state index contributed by atoms with van der Waals surface area (Å²) in [5.41, 5.74) is -1.75. The van der Waals surface area contributed by atoms with Gasteiger partial charge in [0.1, 0.15) is 12.3 Å². The van der Waals surface area contributed by atoms with Crippen LogP contribution in [0.1, 0.15) is 30.1 Å². The number of nitrogens with zero attached hydrogens (tertiary/aromatic N) is 3. The van der Waals surface area contributed by atoms with Crippen LogP contribution in [0.25, 0.3) is 0 Å². The number of carbonyl (C=O) groups excluding carboxylic acids is 1. The fourth-order valence-corrected chi connectivity index (χ4v) is 2.96. The van der Waals surface area contributed by atoms with Crippen molar-refractivity contribution >= 4 is 28.9 Å². The summed E-state index contributed by atoms with van der Waals surface area (Å²) in [6, 6.07) is 3.00. The van der Waals surface area contributed by atoms with Crippen molar-refractivity contribution in [2.24, 2.45) is 0 Å². The summed E-state index contributed by atoms with van der Waals surface area (Å²) >= 11 is 5.82. The minimum atomic E-state index is -4.76. The number of nitrogens with one attached hydrogen (secondary N) is 1. The van der Waals surface area contributed by atoms with Gasteiger partial charge in [0.2, 0.25) is 5.91 Å². The Kier molecular flexibility index (Phi) is 4.72. The number of amides is 1. The Balaban J connectivity index is 1.85. The van der Waals surface area contributed by atoms with Crippen LogP contribution in [0.15, 0.2) is 18.2 Å². The molecular formula is C15H12ClF3N4O4. The van der Waals surface area contributed by atoms with Crippen LogP contribution in [0.4, 0.5) is 24.5 Å². The van der Waals surface area contributed by atoms with E-state index in [1.54, 1.807) is 0 Å². The Morgan fingerprint density at radius 2 is 2.11 bits per heavy atom. The highest BCUT2D eigenvalue weighted by Gasteiger charge is 2.42. The first-order valence-electron chi connectivity index (χ1n) is 7.68. The number of non-ortho nitro benzene ring substituents is 1. The molecule has 0 atom stereocenters. The molecule has 2 N–H and O–H groups in total. The molecule has 1 heterocycles. The molecule has 0 spiro atoms. The highest BCUT2D eigenvalue weighted by molar-refractivity contribution is 6.32. The Morgan fingerprint density at radius 3 is 2.67 bits per heavy atom. The largest absolute Gasteiger partial charge is 0.506 e. The SMILES string of the molecule is O=C(Cn1nc(C(F)(F)F)c(Cl)c1C1CC1)Nc1cc([N+](=O)[O-])ccc1O. The number of benzene rings is 1. The summed E-state index contributed by atoms with van der Waals surface area (Å²) in [5.74, 6) is -1.45. The summed E-state index contributed by atoms with van der Waals surface area (Å²) in [6.07, 6.45) is -3.49. The zero-order valence-corrected chi connectivity index (χ0v) is 14.2. The van der Waals surface area contributed by atoms with E-state index in [1.807, 2.05) is 0 Å². The zero-order valence-electron chi connectivity index (χ0n) is 13.5. The van der Waals surface area contributed by atoms with Gasteiger partial charge in [0.05, 0.1) is 21.3 Å². The first kappa shape index (κ1) is 19.0. The molecule has 0 radical (unpaired) electrons. The van der Waals surface area contributed by atoms with Crippen molar-refractivity contribution in [1.82, 2.24) is 9.78 Å². The maximum atomic E-state index is 13.0. The number of aromatic hydroxyl groups is 1. The second kappa shape index (κ2) is 6.72. The van der Waals surface area contributed by atoms with Gasteiger partial charge in [-0.05, 0) is 18.9 Å². The summed E-state index contributed by atoms with van der Waals surface area (Å²) < 4.78 is 40.0. The molecule has 8 nitrogen and oxygen atoms in total. The van der Waals surface area contributed by atoms with Gasteiger partial charge in [0, 0.05) is 18.1 Å². The third-order valence-electron chi connectivity index (χ3n) is 3.92. The molecule has 0 bridgehead atoms. The minimum absolute atomic E-state index is 0.127. The van der Waals surface area contributed by atoms with E-state index in [4.69, 9.17) is 11.6 Å². The lowest BCUT2D eigenvalue weighted by molar-refractivity contribution is -0.384. The van der Waals surface area contributed by atoms with Gasteiger partial charge in [-0.2, -0.15) is 18.3 Å².